The minimum atomic E-state index is -1.10. The highest BCUT2D eigenvalue weighted by molar-refractivity contribution is 5.99. The molecule has 1 aromatic heterocycles. The topological polar surface area (TPSA) is 124 Å². The zero-order chi connectivity index (χ0) is 24.5. The number of hydrogen-bond acceptors (Lipinski definition) is 6. The number of rotatable bonds is 11. The lowest BCUT2D eigenvalue weighted by Gasteiger charge is -2.17. The van der Waals surface area contributed by atoms with Gasteiger partial charge in [-0.3, -0.25) is 9.78 Å². The molecular weight excluding hydrogens is 432 g/mol. The monoisotopic (exact) mass is 464 g/mol. The van der Waals surface area contributed by atoms with Gasteiger partial charge in [0.05, 0.1) is 23.0 Å². The van der Waals surface area contributed by atoms with Gasteiger partial charge in [-0.15, -0.1) is 0 Å². The van der Waals surface area contributed by atoms with Crippen LogP contribution in [-0.4, -0.2) is 47.8 Å². The van der Waals surface area contributed by atoms with Crippen molar-refractivity contribution < 1.29 is 19.4 Å². The lowest BCUT2D eigenvalue weighted by atomic mass is 9.98. The third-order valence-corrected chi connectivity index (χ3v) is 5.95. The van der Waals surface area contributed by atoms with Gasteiger partial charge < -0.3 is 20.5 Å². The maximum atomic E-state index is 12.7. The number of unbranched alkanes of at least 4 members (excludes halogenated alkanes) is 1. The van der Waals surface area contributed by atoms with Crippen LogP contribution in [0.5, 0.6) is 0 Å². The van der Waals surface area contributed by atoms with Gasteiger partial charge in [0.15, 0.2) is 0 Å². The zero-order valence-corrected chi connectivity index (χ0v) is 19.8. The van der Waals surface area contributed by atoms with Gasteiger partial charge in [-0.1, -0.05) is 0 Å². The Balaban J connectivity index is 1.39. The average molecular weight is 465 g/mol. The van der Waals surface area contributed by atoms with Gasteiger partial charge in [0.2, 0.25) is 0 Å². The number of hydrogen-bond donors (Lipinski definition) is 3. The number of ether oxygens (including phenoxy) is 1. The Morgan fingerprint density at radius 1 is 1.24 bits per heavy atom. The van der Waals surface area contributed by atoms with E-state index in [9.17, 15) is 14.7 Å². The standard InChI is InChI=1S/C26H32N4O4/c1-17-14-19(16-27)15-18(2)24(17)25(31)30-23(26(32)33)10-13-34-12-4-3-6-20-8-9-21-22(29-20)7-5-11-28-21/h8-9,14-15,23,28H,3-7,10-13H2,1-2H3,(H,30,31)(H,32,33). The van der Waals surface area contributed by atoms with Gasteiger partial charge in [-0.05, 0) is 81.3 Å². The van der Waals surface area contributed by atoms with Gasteiger partial charge in [0.1, 0.15) is 6.04 Å². The molecule has 8 nitrogen and oxygen atoms in total. The number of aromatic nitrogens is 1. The fourth-order valence-corrected chi connectivity index (χ4v) is 4.20. The normalized spacial score (nSPS) is 13.3. The van der Waals surface area contributed by atoms with Crippen molar-refractivity contribution in [2.45, 2.75) is 58.4 Å². The van der Waals surface area contributed by atoms with Crippen LogP contribution in [0.25, 0.3) is 0 Å². The second kappa shape index (κ2) is 12.1. The highest BCUT2D eigenvalue weighted by atomic mass is 16.5. The largest absolute Gasteiger partial charge is 0.480 e. The molecule has 3 N–H and O–H groups in total. The third kappa shape index (κ3) is 6.78. The van der Waals surface area contributed by atoms with Crippen LogP contribution in [0.2, 0.25) is 0 Å². The molecular formula is C26H32N4O4. The summed E-state index contributed by atoms with van der Waals surface area (Å²) in [7, 11) is 0. The molecule has 1 unspecified atom stereocenters. The van der Waals surface area contributed by atoms with Gasteiger partial charge in [-0.2, -0.15) is 5.26 Å². The van der Waals surface area contributed by atoms with Crippen molar-refractivity contribution in [3.8, 4) is 6.07 Å². The van der Waals surface area contributed by atoms with E-state index in [1.165, 1.54) is 0 Å². The number of aryl methyl sites for hydroxylation is 4. The van der Waals surface area contributed by atoms with Crippen LogP contribution in [0.3, 0.4) is 0 Å². The molecule has 0 saturated carbocycles. The van der Waals surface area contributed by atoms with Crippen molar-refractivity contribution in [3.63, 3.8) is 0 Å². The lowest BCUT2D eigenvalue weighted by Crippen LogP contribution is -2.42. The number of amides is 1. The molecule has 180 valence electrons. The van der Waals surface area contributed by atoms with Crippen LogP contribution in [0.15, 0.2) is 24.3 Å². The molecule has 0 fully saturated rings. The number of carbonyl (C=O) groups excluding carboxylic acids is 1. The number of fused-ring (bicyclic) bond motifs is 1. The molecule has 1 aliphatic rings. The third-order valence-electron chi connectivity index (χ3n) is 5.95. The van der Waals surface area contributed by atoms with Crippen molar-refractivity contribution >= 4 is 17.6 Å². The summed E-state index contributed by atoms with van der Waals surface area (Å²) in [5.74, 6) is -1.56. The van der Waals surface area contributed by atoms with E-state index in [4.69, 9.17) is 15.0 Å². The van der Waals surface area contributed by atoms with Crippen molar-refractivity contribution in [1.82, 2.24) is 10.3 Å². The number of pyridine rings is 1. The molecule has 1 aromatic carbocycles. The first-order chi connectivity index (χ1) is 16.4. The molecule has 8 heteroatoms. The minimum Gasteiger partial charge on any atom is -0.480 e. The molecule has 34 heavy (non-hydrogen) atoms. The number of anilines is 1. The van der Waals surface area contributed by atoms with Crippen LogP contribution in [0.4, 0.5) is 5.69 Å². The van der Waals surface area contributed by atoms with E-state index in [0.717, 1.165) is 55.7 Å². The number of carboxylic acids is 1. The van der Waals surface area contributed by atoms with Crippen LogP contribution >= 0.6 is 0 Å². The number of nitrogens with zero attached hydrogens (tertiary/aromatic N) is 2. The quantitative estimate of drug-likeness (QED) is 0.435. The Hall–Kier alpha value is -3.44. The molecule has 2 heterocycles. The van der Waals surface area contributed by atoms with Gasteiger partial charge >= 0.3 is 5.97 Å². The Bertz CT molecular complexity index is 1050. The molecule has 0 aliphatic carbocycles. The van der Waals surface area contributed by atoms with Crippen molar-refractivity contribution in [1.29, 1.82) is 5.26 Å². The summed E-state index contributed by atoms with van der Waals surface area (Å²) in [6.07, 6.45) is 4.98. The Morgan fingerprint density at radius 2 is 2.00 bits per heavy atom. The number of nitriles is 1. The number of aliphatic carboxylic acids is 1. The first kappa shape index (κ1) is 25.2. The van der Waals surface area contributed by atoms with Crippen molar-refractivity contribution in [2.75, 3.05) is 25.1 Å². The fraction of sp³-hybridized carbons (Fsp3) is 0.462. The van der Waals surface area contributed by atoms with Crippen molar-refractivity contribution in [2.24, 2.45) is 0 Å². The van der Waals surface area contributed by atoms with E-state index in [2.05, 4.69) is 28.8 Å². The molecule has 2 aromatic rings. The predicted octanol–water partition coefficient (Wildman–Crippen LogP) is 3.54. The zero-order valence-electron chi connectivity index (χ0n) is 19.8. The van der Waals surface area contributed by atoms with Crippen LogP contribution in [0.1, 0.15) is 64.1 Å². The van der Waals surface area contributed by atoms with Crippen LogP contribution < -0.4 is 10.6 Å². The van der Waals surface area contributed by atoms with E-state index < -0.39 is 17.9 Å². The van der Waals surface area contributed by atoms with E-state index >= 15 is 0 Å². The maximum absolute atomic E-state index is 12.7. The first-order valence-electron chi connectivity index (χ1n) is 11.7. The van der Waals surface area contributed by atoms with E-state index in [1.54, 1.807) is 26.0 Å². The van der Waals surface area contributed by atoms with Crippen molar-refractivity contribution in [3.05, 3.63) is 57.9 Å². The fourth-order valence-electron chi connectivity index (χ4n) is 4.20. The predicted molar refractivity (Wildman–Crippen MR) is 129 cm³/mol. The molecule has 0 saturated heterocycles. The van der Waals surface area contributed by atoms with E-state index in [0.29, 0.717) is 28.9 Å². The van der Waals surface area contributed by atoms with Crippen LogP contribution in [-0.2, 0) is 22.4 Å². The molecule has 0 spiro atoms. The molecule has 1 amide bonds. The molecule has 1 aliphatic heterocycles. The van der Waals surface area contributed by atoms with E-state index in [1.807, 2.05) is 0 Å². The number of benzene rings is 1. The summed E-state index contributed by atoms with van der Waals surface area (Å²) in [4.78, 5) is 29.1. The Labute approximate surface area is 200 Å². The molecule has 0 bridgehead atoms. The highest BCUT2D eigenvalue weighted by Crippen LogP contribution is 2.20. The molecule has 3 rings (SSSR count). The first-order valence-corrected chi connectivity index (χ1v) is 11.7. The summed E-state index contributed by atoms with van der Waals surface area (Å²) >= 11 is 0. The lowest BCUT2D eigenvalue weighted by molar-refractivity contribution is -0.139. The maximum Gasteiger partial charge on any atom is 0.326 e. The summed E-state index contributed by atoms with van der Waals surface area (Å²) < 4.78 is 5.63. The van der Waals surface area contributed by atoms with E-state index in [-0.39, 0.29) is 13.0 Å². The molecule has 1 atom stereocenters. The number of carboxylic acid groups (broad SMARTS) is 1. The molecule has 0 radical (unpaired) electrons. The number of carbonyl (C=O) groups is 2. The highest BCUT2D eigenvalue weighted by Gasteiger charge is 2.22. The summed E-state index contributed by atoms with van der Waals surface area (Å²) in [6, 6.07) is 8.42. The van der Waals surface area contributed by atoms with Gasteiger partial charge in [0.25, 0.3) is 5.91 Å². The Kier molecular flexibility index (Phi) is 9.00. The Morgan fingerprint density at radius 3 is 2.71 bits per heavy atom. The van der Waals surface area contributed by atoms with Gasteiger partial charge in [0, 0.05) is 37.4 Å². The number of nitrogens with one attached hydrogen (secondary N) is 2. The second-order valence-corrected chi connectivity index (χ2v) is 8.65. The van der Waals surface area contributed by atoms with Gasteiger partial charge in [-0.25, -0.2) is 4.79 Å². The second-order valence-electron chi connectivity index (χ2n) is 8.65. The minimum absolute atomic E-state index is 0.175. The summed E-state index contributed by atoms with van der Waals surface area (Å²) in [5.41, 5.74) is 5.52. The summed E-state index contributed by atoms with van der Waals surface area (Å²) in [5, 5.41) is 24.5. The SMILES string of the molecule is Cc1cc(C#N)cc(C)c1C(=O)NC(CCOCCCCc1ccc2c(n1)CCCN2)C(=O)O. The van der Waals surface area contributed by atoms with Crippen LogP contribution in [0, 0.1) is 25.2 Å². The smallest absolute Gasteiger partial charge is 0.326 e. The average Bonchev–Trinajstić information content (AvgIpc) is 2.81. The summed E-state index contributed by atoms with van der Waals surface area (Å²) in [6.45, 7) is 5.24.